The first-order valence-corrected chi connectivity index (χ1v) is 8.21. The summed E-state index contributed by atoms with van der Waals surface area (Å²) in [5, 5.41) is 3.40. The van der Waals surface area contributed by atoms with Crippen LogP contribution in [0, 0.1) is 11.2 Å². The predicted octanol–water partition coefficient (Wildman–Crippen LogP) is 4.34. The van der Waals surface area contributed by atoms with E-state index in [0.29, 0.717) is 11.5 Å². The van der Waals surface area contributed by atoms with Gasteiger partial charge >= 0.3 is 0 Å². The zero-order valence-corrected chi connectivity index (χ0v) is 13.9. The summed E-state index contributed by atoms with van der Waals surface area (Å²) in [6.45, 7) is 11.5. The van der Waals surface area contributed by atoms with Gasteiger partial charge in [0.15, 0.2) is 0 Å². The van der Waals surface area contributed by atoms with E-state index in [2.05, 4.69) is 37.9 Å². The molecule has 0 bridgehead atoms. The van der Waals surface area contributed by atoms with Crippen molar-refractivity contribution in [2.45, 2.75) is 59.5 Å². The molecule has 0 amide bonds. The van der Waals surface area contributed by atoms with Crippen molar-refractivity contribution in [1.82, 2.24) is 5.32 Å². The first kappa shape index (κ1) is 16.3. The molecule has 1 heterocycles. The fourth-order valence-corrected chi connectivity index (χ4v) is 2.99. The molecule has 0 radical (unpaired) electrons. The van der Waals surface area contributed by atoms with Gasteiger partial charge in [0, 0.05) is 25.7 Å². The molecule has 3 heteroatoms. The quantitative estimate of drug-likeness (QED) is 0.868. The van der Waals surface area contributed by atoms with Crippen LogP contribution in [-0.2, 0) is 6.54 Å². The number of hydrogen-bond acceptors (Lipinski definition) is 2. The second-order valence-corrected chi connectivity index (χ2v) is 6.93. The van der Waals surface area contributed by atoms with Crippen molar-refractivity contribution in [1.29, 1.82) is 0 Å². The molecular weight excluding hydrogens is 263 g/mol. The van der Waals surface area contributed by atoms with Crippen molar-refractivity contribution in [2.24, 2.45) is 5.41 Å². The van der Waals surface area contributed by atoms with Gasteiger partial charge in [-0.1, -0.05) is 46.2 Å². The van der Waals surface area contributed by atoms with Crippen LogP contribution in [0.5, 0.6) is 0 Å². The lowest BCUT2D eigenvalue weighted by molar-refractivity contribution is 0.237. The third kappa shape index (κ3) is 3.97. The monoisotopic (exact) mass is 292 g/mol. The first-order valence-electron chi connectivity index (χ1n) is 8.21. The maximum absolute atomic E-state index is 14.4. The Morgan fingerprint density at radius 1 is 1.29 bits per heavy atom. The van der Waals surface area contributed by atoms with Crippen LogP contribution < -0.4 is 10.2 Å². The van der Waals surface area contributed by atoms with E-state index in [0.717, 1.165) is 43.7 Å². The minimum absolute atomic E-state index is 0.0850. The van der Waals surface area contributed by atoms with Gasteiger partial charge in [-0.3, -0.25) is 0 Å². The van der Waals surface area contributed by atoms with E-state index in [9.17, 15) is 4.39 Å². The Morgan fingerprint density at radius 2 is 1.95 bits per heavy atom. The van der Waals surface area contributed by atoms with E-state index in [1.54, 1.807) is 6.07 Å². The van der Waals surface area contributed by atoms with Gasteiger partial charge in [0.2, 0.25) is 0 Å². The maximum Gasteiger partial charge on any atom is 0.146 e. The summed E-state index contributed by atoms with van der Waals surface area (Å²) in [4.78, 5) is 2.24. The minimum Gasteiger partial charge on any atom is -0.369 e. The molecule has 2 nitrogen and oxygen atoms in total. The largest absolute Gasteiger partial charge is 0.369 e. The molecule has 0 spiro atoms. The number of rotatable bonds is 5. The summed E-state index contributed by atoms with van der Waals surface area (Å²) in [7, 11) is 0. The second kappa shape index (κ2) is 6.78. The molecule has 1 aliphatic heterocycles. The smallest absolute Gasteiger partial charge is 0.146 e. The highest BCUT2D eigenvalue weighted by molar-refractivity contribution is 5.55. The summed E-state index contributed by atoms with van der Waals surface area (Å²) in [5.41, 5.74) is 2.31. The average Bonchev–Trinajstić information content (AvgIpc) is 2.46. The Kier molecular flexibility index (Phi) is 5.26. The van der Waals surface area contributed by atoms with Crippen LogP contribution in [0.15, 0.2) is 18.2 Å². The molecule has 1 aromatic carbocycles. The van der Waals surface area contributed by atoms with Gasteiger partial charge in [0.05, 0.1) is 5.69 Å². The van der Waals surface area contributed by atoms with Crippen molar-refractivity contribution in [3.63, 3.8) is 0 Å². The molecule has 1 N–H and O–H groups in total. The maximum atomic E-state index is 14.4. The number of para-hydroxylation sites is 1. The molecule has 0 atom stereocenters. The van der Waals surface area contributed by atoms with Crippen LogP contribution in [0.4, 0.5) is 10.1 Å². The third-order valence-electron chi connectivity index (χ3n) is 4.91. The lowest BCUT2D eigenvalue weighted by atomic mass is 9.78. The molecule has 0 saturated carbocycles. The number of anilines is 1. The standard InChI is InChI=1S/C18H29FN2/c1-5-18(4)9-11-21(12-10-18)17-15(13-20-14(2)3)7-6-8-16(17)19/h6-8,14,20H,5,9-13H2,1-4H3. The number of benzene rings is 1. The molecule has 0 aromatic heterocycles. The van der Waals surface area contributed by atoms with E-state index in [4.69, 9.17) is 0 Å². The van der Waals surface area contributed by atoms with Gasteiger partial charge in [-0.25, -0.2) is 4.39 Å². The number of halogens is 1. The van der Waals surface area contributed by atoms with Gasteiger partial charge in [-0.15, -0.1) is 0 Å². The number of piperidine rings is 1. The molecule has 1 aromatic rings. The highest BCUT2D eigenvalue weighted by Gasteiger charge is 2.30. The van der Waals surface area contributed by atoms with Gasteiger partial charge in [0.1, 0.15) is 5.82 Å². The zero-order chi connectivity index (χ0) is 15.5. The summed E-state index contributed by atoms with van der Waals surface area (Å²) >= 11 is 0. The van der Waals surface area contributed by atoms with Crippen LogP contribution in [-0.4, -0.2) is 19.1 Å². The van der Waals surface area contributed by atoms with Crippen LogP contribution >= 0.6 is 0 Å². The fourth-order valence-electron chi connectivity index (χ4n) is 2.99. The third-order valence-corrected chi connectivity index (χ3v) is 4.91. The van der Waals surface area contributed by atoms with Gasteiger partial charge < -0.3 is 10.2 Å². The molecule has 1 fully saturated rings. The Balaban J connectivity index is 2.15. The number of nitrogens with zero attached hydrogens (tertiary/aromatic N) is 1. The second-order valence-electron chi connectivity index (χ2n) is 6.93. The minimum atomic E-state index is -0.0850. The molecular formula is C18H29FN2. The summed E-state index contributed by atoms with van der Waals surface area (Å²) in [5.74, 6) is -0.0850. The molecule has 1 saturated heterocycles. The molecule has 118 valence electrons. The lowest BCUT2D eigenvalue weighted by Gasteiger charge is -2.40. The Labute approximate surface area is 128 Å². The van der Waals surface area contributed by atoms with E-state index in [1.165, 1.54) is 6.42 Å². The Hall–Kier alpha value is -1.09. The average molecular weight is 292 g/mol. The Morgan fingerprint density at radius 3 is 2.52 bits per heavy atom. The van der Waals surface area contributed by atoms with E-state index in [1.807, 2.05) is 12.1 Å². The first-order chi connectivity index (χ1) is 9.95. The molecule has 1 aliphatic rings. The molecule has 21 heavy (non-hydrogen) atoms. The molecule has 0 unspecified atom stereocenters. The van der Waals surface area contributed by atoms with Gasteiger partial charge in [-0.05, 0) is 29.9 Å². The summed E-state index contributed by atoms with van der Waals surface area (Å²) < 4.78 is 14.4. The fraction of sp³-hybridized carbons (Fsp3) is 0.667. The zero-order valence-electron chi connectivity index (χ0n) is 13.9. The van der Waals surface area contributed by atoms with Crippen molar-refractivity contribution >= 4 is 5.69 Å². The predicted molar refractivity (Wildman–Crippen MR) is 88.2 cm³/mol. The van der Waals surface area contributed by atoms with Crippen LogP contribution in [0.3, 0.4) is 0 Å². The van der Waals surface area contributed by atoms with Gasteiger partial charge in [0.25, 0.3) is 0 Å². The number of nitrogens with one attached hydrogen (secondary N) is 1. The van der Waals surface area contributed by atoms with E-state index >= 15 is 0 Å². The van der Waals surface area contributed by atoms with E-state index in [-0.39, 0.29) is 5.82 Å². The summed E-state index contributed by atoms with van der Waals surface area (Å²) in [6, 6.07) is 5.85. The Bertz CT molecular complexity index is 462. The normalized spacial score (nSPS) is 18.3. The topological polar surface area (TPSA) is 15.3 Å². The van der Waals surface area contributed by atoms with Crippen LogP contribution in [0.1, 0.15) is 52.5 Å². The van der Waals surface area contributed by atoms with Crippen molar-refractivity contribution in [3.05, 3.63) is 29.6 Å². The molecule has 0 aliphatic carbocycles. The highest BCUT2D eigenvalue weighted by Crippen LogP contribution is 2.37. The van der Waals surface area contributed by atoms with Crippen LogP contribution in [0.2, 0.25) is 0 Å². The van der Waals surface area contributed by atoms with Crippen molar-refractivity contribution in [3.8, 4) is 0 Å². The van der Waals surface area contributed by atoms with Gasteiger partial charge in [-0.2, -0.15) is 0 Å². The van der Waals surface area contributed by atoms with E-state index < -0.39 is 0 Å². The van der Waals surface area contributed by atoms with Crippen LogP contribution in [0.25, 0.3) is 0 Å². The molecule has 2 rings (SSSR count). The lowest BCUT2D eigenvalue weighted by Crippen LogP contribution is -2.39. The highest BCUT2D eigenvalue weighted by atomic mass is 19.1. The van der Waals surface area contributed by atoms with Crippen molar-refractivity contribution < 1.29 is 4.39 Å². The SMILES string of the molecule is CCC1(C)CCN(c2c(F)cccc2CNC(C)C)CC1. The summed E-state index contributed by atoms with van der Waals surface area (Å²) in [6.07, 6.45) is 3.50. The van der Waals surface area contributed by atoms with Crippen molar-refractivity contribution in [2.75, 3.05) is 18.0 Å². The number of hydrogen-bond donors (Lipinski definition) is 1.